The SMILES string of the molecule is COC(=O)c1ccc(NC(=O)Cc2ccco2)cc1. The van der Waals surface area contributed by atoms with Gasteiger partial charge in [-0.1, -0.05) is 0 Å². The van der Waals surface area contributed by atoms with E-state index in [1.54, 1.807) is 36.4 Å². The molecule has 0 spiro atoms. The number of methoxy groups -OCH3 is 1. The molecule has 1 aromatic carbocycles. The molecule has 0 atom stereocenters. The van der Waals surface area contributed by atoms with E-state index in [1.807, 2.05) is 0 Å². The van der Waals surface area contributed by atoms with Crippen molar-refractivity contribution in [3.8, 4) is 0 Å². The fourth-order valence-corrected chi connectivity index (χ4v) is 1.58. The van der Waals surface area contributed by atoms with Gasteiger partial charge in [0.15, 0.2) is 0 Å². The number of hydrogen-bond donors (Lipinski definition) is 1. The van der Waals surface area contributed by atoms with Gasteiger partial charge >= 0.3 is 5.97 Å². The first-order chi connectivity index (χ1) is 9.19. The number of furan rings is 1. The van der Waals surface area contributed by atoms with Crippen molar-refractivity contribution in [3.05, 3.63) is 54.0 Å². The van der Waals surface area contributed by atoms with Crippen LogP contribution in [0.3, 0.4) is 0 Å². The average Bonchev–Trinajstić information content (AvgIpc) is 2.91. The molecule has 2 aromatic rings. The van der Waals surface area contributed by atoms with Crippen molar-refractivity contribution in [2.24, 2.45) is 0 Å². The van der Waals surface area contributed by atoms with Crippen molar-refractivity contribution in [1.29, 1.82) is 0 Å². The number of ether oxygens (including phenoxy) is 1. The van der Waals surface area contributed by atoms with Crippen LogP contribution in [-0.2, 0) is 16.0 Å². The molecule has 19 heavy (non-hydrogen) atoms. The summed E-state index contributed by atoms with van der Waals surface area (Å²) in [6.07, 6.45) is 1.69. The summed E-state index contributed by atoms with van der Waals surface area (Å²) in [4.78, 5) is 22.9. The maximum absolute atomic E-state index is 11.7. The maximum Gasteiger partial charge on any atom is 0.337 e. The Bertz CT molecular complexity index is 558. The second kappa shape index (κ2) is 5.86. The normalized spacial score (nSPS) is 9.95. The standard InChI is InChI=1S/C14H13NO4/c1-18-14(17)10-4-6-11(7-5-10)15-13(16)9-12-3-2-8-19-12/h2-8H,9H2,1H3,(H,15,16). The summed E-state index contributed by atoms with van der Waals surface area (Å²) in [6, 6.07) is 9.94. The molecule has 1 heterocycles. The molecule has 2 rings (SSSR count). The third-order valence-electron chi connectivity index (χ3n) is 2.50. The number of amides is 1. The Labute approximate surface area is 110 Å². The highest BCUT2D eigenvalue weighted by Crippen LogP contribution is 2.11. The highest BCUT2D eigenvalue weighted by molar-refractivity contribution is 5.93. The summed E-state index contributed by atoms with van der Waals surface area (Å²) in [7, 11) is 1.32. The molecule has 1 amide bonds. The molecule has 0 bridgehead atoms. The third kappa shape index (κ3) is 3.45. The lowest BCUT2D eigenvalue weighted by atomic mass is 10.2. The van der Waals surface area contributed by atoms with Crippen LogP contribution in [0.1, 0.15) is 16.1 Å². The smallest absolute Gasteiger partial charge is 0.337 e. The molecule has 0 saturated heterocycles. The number of hydrogen-bond acceptors (Lipinski definition) is 4. The van der Waals surface area contributed by atoms with Crippen molar-refractivity contribution >= 4 is 17.6 Å². The van der Waals surface area contributed by atoms with Gasteiger partial charge in [-0.15, -0.1) is 0 Å². The first-order valence-corrected chi connectivity index (χ1v) is 5.69. The van der Waals surface area contributed by atoms with Crippen LogP contribution in [0.25, 0.3) is 0 Å². The Morgan fingerprint density at radius 1 is 1.21 bits per heavy atom. The topological polar surface area (TPSA) is 68.5 Å². The van der Waals surface area contributed by atoms with Gasteiger partial charge in [0.1, 0.15) is 5.76 Å². The van der Waals surface area contributed by atoms with Gasteiger partial charge in [-0.25, -0.2) is 4.79 Å². The molecule has 5 heteroatoms. The Balaban J connectivity index is 1.96. The Morgan fingerprint density at radius 3 is 2.53 bits per heavy atom. The molecule has 0 unspecified atom stereocenters. The highest BCUT2D eigenvalue weighted by atomic mass is 16.5. The molecule has 0 fully saturated rings. The number of nitrogens with one attached hydrogen (secondary N) is 1. The minimum Gasteiger partial charge on any atom is -0.469 e. The Morgan fingerprint density at radius 2 is 1.95 bits per heavy atom. The molecule has 1 aromatic heterocycles. The second-order valence-electron chi connectivity index (χ2n) is 3.87. The highest BCUT2D eigenvalue weighted by Gasteiger charge is 2.08. The van der Waals surface area contributed by atoms with Gasteiger partial charge in [0, 0.05) is 5.69 Å². The minimum absolute atomic E-state index is 0.172. The summed E-state index contributed by atoms with van der Waals surface area (Å²) >= 11 is 0. The van der Waals surface area contributed by atoms with Crippen LogP contribution < -0.4 is 5.32 Å². The zero-order valence-electron chi connectivity index (χ0n) is 10.4. The van der Waals surface area contributed by atoms with E-state index in [1.165, 1.54) is 13.4 Å². The van der Waals surface area contributed by atoms with Crippen LogP contribution in [0.2, 0.25) is 0 Å². The molecule has 0 aliphatic carbocycles. The van der Waals surface area contributed by atoms with Gasteiger partial charge in [0.25, 0.3) is 0 Å². The average molecular weight is 259 g/mol. The van der Waals surface area contributed by atoms with Gasteiger partial charge in [-0.2, -0.15) is 0 Å². The van der Waals surface area contributed by atoms with Gasteiger partial charge in [-0.05, 0) is 36.4 Å². The molecule has 0 radical (unpaired) electrons. The molecular formula is C14H13NO4. The van der Waals surface area contributed by atoms with Gasteiger partial charge in [0.2, 0.25) is 5.91 Å². The summed E-state index contributed by atoms with van der Waals surface area (Å²) in [5.74, 6) is 0.0120. The van der Waals surface area contributed by atoms with E-state index in [9.17, 15) is 9.59 Å². The van der Waals surface area contributed by atoms with Crippen LogP contribution in [0.15, 0.2) is 47.1 Å². The lowest BCUT2D eigenvalue weighted by Crippen LogP contribution is -2.14. The number of anilines is 1. The van der Waals surface area contributed by atoms with Crippen molar-refractivity contribution in [3.63, 3.8) is 0 Å². The van der Waals surface area contributed by atoms with Gasteiger partial charge in [0.05, 0.1) is 25.4 Å². The summed E-state index contributed by atoms with van der Waals surface area (Å²) in [5.41, 5.74) is 1.05. The predicted molar refractivity (Wildman–Crippen MR) is 68.8 cm³/mol. The number of esters is 1. The zero-order valence-corrected chi connectivity index (χ0v) is 10.4. The van der Waals surface area contributed by atoms with E-state index >= 15 is 0 Å². The molecular weight excluding hydrogens is 246 g/mol. The number of benzene rings is 1. The van der Waals surface area contributed by atoms with Crippen LogP contribution >= 0.6 is 0 Å². The number of carbonyl (C=O) groups excluding carboxylic acids is 2. The summed E-state index contributed by atoms with van der Waals surface area (Å²) in [5, 5.41) is 2.71. The predicted octanol–water partition coefficient (Wildman–Crippen LogP) is 2.25. The summed E-state index contributed by atoms with van der Waals surface area (Å²) in [6.45, 7) is 0. The van der Waals surface area contributed by atoms with E-state index in [4.69, 9.17) is 4.42 Å². The molecule has 0 aliphatic rings. The van der Waals surface area contributed by atoms with Gasteiger partial charge < -0.3 is 14.5 Å². The fourth-order valence-electron chi connectivity index (χ4n) is 1.58. The molecule has 98 valence electrons. The van der Waals surface area contributed by atoms with Crippen molar-refractivity contribution in [2.45, 2.75) is 6.42 Å². The molecule has 0 aliphatic heterocycles. The Kier molecular flexibility index (Phi) is 3.97. The van der Waals surface area contributed by atoms with Crippen LogP contribution in [-0.4, -0.2) is 19.0 Å². The number of carbonyl (C=O) groups is 2. The van der Waals surface area contributed by atoms with E-state index in [-0.39, 0.29) is 12.3 Å². The second-order valence-corrected chi connectivity index (χ2v) is 3.87. The molecule has 1 N–H and O–H groups in total. The monoisotopic (exact) mass is 259 g/mol. The fraction of sp³-hybridized carbons (Fsp3) is 0.143. The third-order valence-corrected chi connectivity index (χ3v) is 2.50. The van der Waals surface area contributed by atoms with Crippen molar-refractivity contribution in [2.75, 3.05) is 12.4 Å². The van der Waals surface area contributed by atoms with Crippen molar-refractivity contribution in [1.82, 2.24) is 0 Å². The van der Waals surface area contributed by atoms with E-state index in [0.717, 1.165) is 0 Å². The molecule has 5 nitrogen and oxygen atoms in total. The van der Waals surface area contributed by atoms with Gasteiger partial charge in [-0.3, -0.25) is 4.79 Å². The lowest BCUT2D eigenvalue weighted by molar-refractivity contribution is -0.115. The zero-order chi connectivity index (χ0) is 13.7. The largest absolute Gasteiger partial charge is 0.469 e. The Hall–Kier alpha value is -2.56. The maximum atomic E-state index is 11.7. The van der Waals surface area contributed by atoms with E-state index < -0.39 is 5.97 Å². The van der Waals surface area contributed by atoms with Crippen LogP contribution in [0, 0.1) is 0 Å². The van der Waals surface area contributed by atoms with Crippen LogP contribution in [0.5, 0.6) is 0 Å². The number of rotatable bonds is 4. The van der Waals surface area contributed by atoms with Crippen LogP contribution in [0.4, 0.5) is 5.69 Å². The first kappa shape index (κ1) is 12.9. The van der Waals surface area contributed by atoms with E-state index in [2.05, 4.69) is 10.1 Å². The van der Waals surface area contributed by atoms with Crippen molar-refractivity contribution < 1.29 is 18.7 Å². The summed E-state index contributed by atoms with van der Waals surface area (Å²) < 4.78 is 9.67. The quantitative estimate of drug-likeness (QED) is 0.855. The first-order valence-electron chi connectivity index (χ1n) is 5.69. The minimum atomic E-state index is -0.409. The van der Waals surface area contributed by atoms with E-state index in [0.29, 0.717) is 17.0 Å². The lowest BCUT2D eigenvalue weighted by Gasteiger charge is -2.05. The molecule has 0 saturated carbocycles.